The lowest BCUT2D eigenvalue weighted by Gasteiger charge is -2.36. The Morgan fingerprint density at radius 2 is 1.93 bits per heavy atom. The highest BCUT2D eigenvalue weighted by molar-refractivity contribution is 5.79. The quantitative estimate of drug-likeness (QED) is 0.801. The molecule has 1 saturated carbocycles. The van der Waals surface area contributed by atoms with Crippen LogP contribution in [0.1, 0.15) is 44.6 Å². The standard InChI is InChI=1S/C20H27N5O3/c1-28-18-11-5-7-15(13-18)19(26)23-12-6-10-17(14-23)25-20(27)24(21-22-25)16-8-3-2-4-9-16/h2-4,8-9,15,17-18H,5-7,10-14H2,1H3. The average Bonchev–Trinajstić information content (AvgIpc) is 3.15. The number of hydrogen-bond acceptors (Lipinski definition) is 5. The van der Waals surface area contributed by atoms with Gasteiger partial charge in [-0.15, -0.1) is 0 Å². The van der Waals surface area contributed by atoms with Crippen molar-refractivity contribution >= 4 is 5.91 Å². The fraction of sp³-hybridized carbons (Fsp3) is 0.600. The van der Waals surface area contributed by atoms with Crippen molar-refractivity contribution in [2.45, 2.75) is 50.7 Å². The molecule has 0 bridgehead atoms. The van der Waals surface area contributed by atoms with Crippen LogP contribution in [-0.2, 0) is 9.53 Å². The first-order valence-electron chi connectivity index (χ1n) is 10.1. The van der Waals surface area contributed by atoms with Crippen molar-refractivity contribution in [1.82, 2.24) is 24.7 Å². The van der Waals surface area contributed by atoms with Gasteiger partial charge in [-0.1, -0.05) is 24.6 Å². The van der Waals surface area contributed by atoms with Gasteiger partial charge < -0.3 is 9.64 Å². The molecule has 1 amide bonds. The Morgan fingerprint density at radius 1 is 1.11 bits per heavy atom. The van der Waals surface area contributed by atoms with E-state index in [-0.39, 0.29) is 29.7 Å². The van der Waals surface area contributed by atoms with Gasteiger partial charge in [0.05, 0.1) is 17.8 Å². The average molecular weight is 385 g/mol. The number of methoxy groups -OCH3 is 1. The third-order valence-corrected chi connectivity index (χ3v) is 5.97. The van der Waals surface area contributed by atoms with Gasteiger partial charge in [0.1, 0.15) is 0 Å². The molecule has 4 rings (SSSR count). The Balaban J connectivity index is 1.48. The maximum absolute atomic E-state index is 13.0. The van der Waals surface area contributed by atoms with Crippen LogP contribution in [0, 0.1) is 5.92 Å². The second kappa shape index (κ2) is 8.26. The summed E-state index contributed by atoms with van der Waals surface area (Å²) in [6, 6.07) is 9.13. The molecule has 1 aromatic carbocycles. The van der Waals surface area contributed by atoms with E-state index in [4.69, 9.17) is 4.74 Å². The van der Waals surface area contributed by atoms with E-state index >= 15 is 0 Å². The molecule has 8 nitrogen and oxygen atoms in total. The number of rotatable bonds is 4. The predicted octanol–water partition coefficient (Wildman–Crippen LogP) is 1.80. The number of piperidine rings is 1. The van der Waals surface area contributed by atoms with Crippen molar-refractivity contribution in [1.29, 1.82) is 0 Å². The summed E-state index contributed by atoms with van der Waals surface area (Å²) in [5.41, 5.74) is 0.429. The van der Waals surface area contributed by atoms with Crippen LogP contribution in [0.15, 0.2) is 35.1 Å². The number of para-hydroxylation sites is 1. The second-order valence-corrected chi connectivity index (χ2v) is 7.75. The lowest BCUT2D eigenvalue weighted by atomic mass is 9.85. The molecule has 0 spiro atoms. The van der Waals surface area contributed by atoms with Gasteiger partial charge in [0.15, 0.2) is 0 Å². The van der Waals surface area contributed by atoms with Crippen LogP contribution >= 0.6 is 0 Å². The van der Waals surface area contributed by atoms with E-state index < -0.39 is 0 Å². The zero-order valence-electron chi connectivity index (χ0n) is 16.2. The van der Waals surface area contributed by atoms with Crippen molar-refractivity contribution in [2.75, 3.05) is 20.2 Å². The molecule has 8 heteroatoms. The van der Waals surface area contributed by atoms with Crippen molar-refractivity contribution in [2.24, 2.45) is 5.92 Å². The molecule has 0 N–H and O–H groups in total. The minimum atomic E-state index is -0.261. The number of tetrazole rings is 1. The molecule has 1 saturated heterocycles. The molecule has 1 aliphatic carbocycles. The number of carbonyl (C=O) groups is 1. The number of carbonyl (C=O) groups excluding carboxylic acids is 1. The summed E-state index contributed by atoms with van der Waals surface area (Å²) >= 11 is 0. The van der Waals surface area contributed by atoms with Crippen LogP contribution in [0.5, 0.6) is 0 Å². The first-order valence-corrected chi connectivity index (χ1v) is 10.1. The molecule has 2 aromatic rings. The fourth-order valence-corrected chi connectivity index (χ4v) is 4.41. The highest BCUT2D eigenvalue weighted by Crippen LogP contribution is 2.29. The molecule has 150 valence electrons. The Bertz CT molecular complexity index is 862. The minimum Gasteiger partial charge on any atom is -0.381 e. The molecule has 28 heavy (non-hydrogen) atoms. The van der Waals surface area contributed by atoms with Crippen LogP contribution in [0.25, 0.3) is 5.69 Å². The van der Waals surface area contributed by atoms with E-state index in [1.807, 2.05) is 35.2 Å². The molecule has 3 atom stereocenters. The molecule has 2 heterocycles. The van der Waals surface area contributed by atoms with E-state index in [1.54, 1.807) is 7.11 Å². The number of ether oxygens (including phenoxy) is 1. The van der Waals surface area contributed by atoms with Crippen LogP contribution in [0.3, 0.4) is 0 Å². The van der Waals surface area contributed by atoms with Gasteiger partial charge in [0.25, 0.3) is 0 Å². The number of amides is 1. The third kappa shape index (κ3) is 3.73. The van der Waals surface area contributed by atoms with Crippen LogP contribution in [0.4, 0.5) is 0 Å². The first kappa shape index (κ1) is 18.9. The topological polar surface area (TPSA) is 82.2 Å². The van der Waals surface area contributed by atoms with Gasteiger partial charge in [-0.05, 0) is 54.7 Å². The number of benzene rings is 1. The van der Waals surface area contributed by atoms with Gasteiger partial charge in [0.2, 0.25) is 5.91 Å². The van der Waals surface area contributed by atoms with E-state index in [9.17, 15) is 9.59 Å². The van der Waals surface area contributed by atoms with E-state index in [1.165, 1.54) is 9.36 Å². The number of likely N-dealkylation sites (tertiary alicyclic amines) is 1. The van der Waals surface area contributed by atoms with E-state index in [2.05, 4.69) is 10.4 Å². The van der Waals surface area contributed by atoms with Crippen LogP contribution in [0.2, 0.25) is 0 Å². The maximum atomic E-state index is 13.0. The minimum absolute atomic E-state index is 0.0224. The zero-order chi connectivity index (χ0) is 19.5. The molecule has 2 aliphatic rings. The molecule has 1 aromatic heterocycles. The third-order valence-electron chi connectivity index (χ3n) is 5.97. The monoisotopic (exact) mass is 385 g/mol. The zero-order valence-corrected chi connectivity index (χ0v) is 16.2. The Morgan fingerprint density at radius 3 is 2.71 bits per heavy atom. The van der Waals surface area contributed by atoms with Crippen molar-refractivity contribution in [3.8, 4) is 5.69 Å². The Labute approximate surface area is 164 Å². The Kier molecular flexibility index (Phi) is 5.57. The summed E-state index contributed by atoms with van der Waals surface area (Å²) in [5, 5.41) is 8.15. The smallest absolute Gasteiger partial charge is 0.368 e. The highest BCUT2D eigenvalue weighted by Gasteiger charge is 2.34. The molecular formula is C20H27N5O3. The van der Waals surface area contributed by atoms with Gasteiger partial charge in [-0.2, -0.15) is 9.36 Å². The maximum Gasteiger partial charge on any atom is 0.368 e. The van der Waals surface area contributed by atoms with Gasteiger partial charge >= 0.3 is 5.69 Å². The van der Waals surface area contributed by atoms with E-state index in [0.717, 1.165) is 45.1 Å². The fourth-order valence-electron chi connectivity index (χ4n) is 4.41. The molecule has 0 radical (unpaired) electrons. The molecule has 3 unspecified atom stereocenters. The van der Waals surface area contributed by atoms with Gasteiger partial charge in [-0.3, -0.25) is 4.79 Å². The summed E-state index contributed by atoms with van der Waals surface area (Å²) in [6.07, 6.45) is 5.63. The van der Waals surface area contributed by atoms with Gasteiger partial charge in [-0.25, -0.2) is 4.79 Å². The largest absolute Gasteiger partial charge is 0.381 e. The normalized spacial score (nSPS) is 25.6. The number of hydrogen-bond donors (Lipinski definition) is 0. The highest BCUT2D eigenvalue weighted by atomic mass is 16.5. The van der Waals surface area contributed by atoms with Crippen LogP contribution in [-0.4, -0.2) is 56.9 Å². The van der Waals surface area contributed by atoms with Crippen LogP contribution < -0.4 is 5.69 Å². The summed E-state index contributed by atoms with van der Waals surface area (Å²) in [6.45, 7) is 1.26. The van der Waals surface area contributed by atoms with Crippen molar-refractivity contribution < 1.29 is 9.53 Å². The predicted molar refractivity (Wildman–Crippen MR) is 103 cm³/mol. The SMILES string of the molecule is COC1CCCC(C(=O)N2CCCC(n3nnn(-c4ccccc4)c3=O)C2)C1. The van der Waals surface area contributed by atoms with E-state index in [0.29, 0.717) is 12.2 Å². The number of aromatic nitrogens is 4. The summed E-state index contributed by atoms with van der Waals surface area (Å²) < 4.78 is 8.22. The summed E-state index contributed by atoms with van der Waals surface area (Å²) in [4.78, 5) is 27.8. The van der Waals surface area contributed by atoms with Crippen molar-refractivity contribution in [3.05, 3.63) is 40.8 Å². The van der Waals surface area contributed by atoms with Gasteiger partial charge in [0, 0.05) is 26.1 Å². The lowest BCUT2D eigenvalue weighted by Crippen LogP contribution is -2.46. The molecule has 2 fully saturated rings. The summed E-state index contributed by atoms with van der Waals surface area (Å²) in [7, 11) is 1.72. The molecule has 1 aliphatic heterocycles. The summed E-state index contributed by atoms with van der Waals surface area (Å²) in [5.74, 6) is 0.212. The lowest BCUT2D eigenvalue weighted by molar-refractivity contribution is -0.140. The number of nitrogens with zero attached hydrogens (tertiary/aromatic N) is 5. The molecular weight excluding hydrogens is 358 g/mol. The van der Waals surface area contributed by atoms with Crippen molar-refractivity contribution in [3.63, 3.8) is 0 Å². The second-order valence-electron chi connectivity index (χ2n) is 7.75. The Hall–Kier alpha value is -2.48. The first-order chi connectivity index (χ1) is 13.7.